The van der Waals surface area contributed by atoms with Gasteiger partial charge in [-0.15, -0.1) is 0 Å². The zero-order valence-corrected chi connectivity index (χ0v) is 13.3. The van der Waals surface area contributed by atoms with Crippen LogP contribution in [0.15, 0.2) is 11.1 Å². The Hall–Kier alpha value is -0.780. The molecule has 0 bridgehead atoms. The van der Waals surface area contributed by atoms with Crippen LogP contribution in [0.3, 0.4) is 0 Å². The Morgan fingerprint density at radius 3 is 2.29 bits per heavy atom. The number of nitrogens with zero attached hydrogens (tertiary/aromatic N) is 1. The summed E-state index contributed by atoms with van der Waals surface area (Å²) in [7, 11) is -2.24. The van der Waals surface area contributed by atoms with Gasteiger partial charge in [-0.1, -0.05) is 30.4 Å². The van der Waals surface area contributed by atoms with Gasteiger partial charge < -0.3 is 0 Å². The average Bonchev–Trinajstić information content (AvgIpc) is 2.59. The van der Waals surface area contributed by atoms with E-state index in [1.54, 1.807) is 13.8 Å². The quantitative estimate of drug-likeness (QED) is 0.696. The van der Waals surface area contributed by atoms with E-state index in [-0.39, 0.29) is 18.9 Å². The molecule has 0 aromatic carbocycles. The predicted molar refractivity (Wildman–Crippen MR) is 77.1 cm³/mol. The van der Waals surface area contributed by atoms with Crippen molar-refractivity contribution in [1.82, 2.24) is 4.31 Å². The van der Waals surface area contributed by atoms with Gasteiger partial charge in [-0.25, -0.2) is 13.0 Å². The van der Waals surface area contributed by atoms with Crippen LogP contribution in [0, 0.1) is 0 Å². The molecule has 3 aliphatic rings. The van der Waals surface area contributed by atoms with Crippen molar-refractivity contribution >= 4 is 16.9 Å². The Morgan fingerprint density at radius 1 is 1.10 bits per heavy atom. The minimum atomic E-state index is -2.65. The summed E-state index contributed by atoms with van der Waals surface area (Å²) in [5.74, 6) is -0.901. The number of alkyl halides is 2. The summed E-state index contributed by atoms with van der Waals surface area (Å²) < 4.78 is 44.1. The Kier molecular flexibility index (Phi) is 3.50. The Balaban J connectivity index is 2.00. The van der Waals surface area contributed by atoms with E-state index in [0.717, 1.165) is 23.6 Å². The first-order valence-electron chi connectivity index (χ1n) is 7.60. The van der Waals surface area contributed by atoms with Crippen LogP contribution in [0.4, 0.5) is 8.78 Å². The van der Waals surface area contributed by atoms with Crippen molar-refractivity contribution < 1.29 is 17.8 Å². The van der Waals surface area contributed by atoms with E-state index in [1.807, 2.05) is 0 Å². The first-order valence-corrected chi connectivity index (χ1v) is 8.70. The molecule has 1 heterocycles. The van der Waals surface area contributed by atoms with E-state index < -0.39 is 27.6 Å². The van der Waals surface area contributed by atoms with Gasteiger partial charge in [0.2, 0.25) is 5.67 Å². The number of carbonyl (C=O) groups excluding carboxylic acids is 1. The molecule has 1 amide bonds. The molecule has 6 heteroatoms. The first kappa shape index (κ1) is 15.1. The summed E-state index contributed by atoms with van der Waals surface area (Å²) >= 11 is 0. The number of halogens is 2. The lowest BCUT2D eigenvalue weighted by Crippen LogP contribution is -2.51. The lowest BCUT2D eigenvalue weighted by Gasteiger charge is -2.34. The summed E-state index contributed by atoms with van der Waals surface area (Å²) in [6.07, 6.45) is 3.75. The number of rotatable bonds is 1. The molecule has 1 saturated carbocycles. The molecule has 21 heavy (non-hydrogen) atoms. The van der Waals surface area contributed by atoms with Gasteiger partial charge in [-0.05, 0) is 26.7 Å². The zero-order chi connectivity index (χ0) is 15.4. The van der Waals surface area contributed by atoms with Crippen LogP contribution in [-0.2, 0) is 15.8 Å². The van der Waals surface area contributed by atoms with Crippen molar-refractivity contribution in [2.24, 2.45) is 0 Å². The summed E-state index contributed by atoms with van der Waals surface area (Å²) in [6, 6.07) is -0.279. The number of amides is 1. The van der Waals surface area contributed by atoms with Crippen molar-refractivity contribution in [3.05, 3.63) is 11.1 Å². The van der Waals surface area contributed by atoms with E-state index in [9.17, 15) is 9.00 Å². The van der Waals surface area contributed by atoms with Crippen LogP contribution in [0.1, 0.15) is 58.8 Å². The van der Waals surface area contributed by atoms with E-state index in [1.165, 1.54) is 0 Å². The Labute approximate surface area is 126 Å². The molecular weight excluding hydrogens is 296 g/mol. The van der Waals surface area contributed by atoms with Gasteiger partial charge in [0.15, 0.2) is 11.0 Å². The van der Waals surface area contributed by atoms with Gasteiger partial charge in [0.1, 0.15) is 0 Å². The molecule has 3 rings (SSSR count). The number of allylic oxidation sites excluding steroid dienone is 2. The molecule has 0 radical (unpaired) electrons. The SMILES string of the molecule is CC1=C(C)CC2(F)S(=O)N(C3CCCCC3)C(=O)C2(F)C1. The van der Waals surface area contributed by atoms with Crippen molar-refractivity contribution in [1.29, 1.82) is 0 Å². The van der Waals surface area contributed by atoms with Crippen LogP contribution in [-0.4, -0.2) is 31.1 Å². The van der Waals surface area contributed by atoms with Gasteiger partial charge in [0.25, 0.3) is 10.9 Å². The maximum Gasteiger partial charge on any atom is 0.277 e. The van der Waals surface area contributed by atoms with Crippen molar-refractivity contribution in [2.75, 3.05) is 0 Å². The first-order chi connectivity index (χ1) is 9.81. The molecule has 118 valence electrons. The molecule has 1 aliphatic heterocycles. The van der Waals surface area contributed by atoms with Gasteiger partial charge >= 0.3 is 0 Å². The fourth-order valence-corrected chi connectivity index (χ4v) is 5.60. The summed E-state index contributed by atoms with van der Waals surface area (Å²) in [6.45, 7) is 3.44. The molecule has 3 atom stereocenters. The second-order valence-electron chi connectivity index (χ2n) is 6.62. The van der Waals surface area contributed by atoms with Crippen LogP contribution < -0.4 is 0 Å². The Morgan fingerprint density at radius 2 is 1.67 bits per heavy atom. The molecule has 0 aromatic rings. The number of fused-ring (bicyclic) bond motifs is 1. The number of carbonyl (C=O) groups is 1. The topological polar surface area (TPSA) is 37.4 Å². The smallest absolute Gasteiger partial charge is 0.270 e. The molecule has 0 N–H and O–H groups in total. The third kappa shape index (κ3) is 1.94. The molecular formula is C15H21F2NO2S. The lowest BCUT2D eigenvalue weighted by molar-refractivity contribution is -0.143. The average molecular weight is 317 g/mol. The highest BCUT2D eigenvalue weighted by atomic mass is 32.2. The molecule has 0 spiro atoms. The number of hydrogen-bond acceptors (Lipinski definition) is 2. The van der Waals surface area contributed by atoms with Crippen molar-refractivity contribution in [2.45, 2.75) is 75.5 Å². The molecule has 3 unspecified atom stereocenters. The van der Waals surface area contributed by atoms with Crippen molar-refractivity contribution in [3.8, 4) is 0 Å². The van der Waals surface area contributed by atoms with Gasteiger partial charge in [-0.3, -0.25) is 9.10 Å². The van der Waals surface area contributed by atoms with Crippen LogP contribution >= 0.6 is 0 Å². The highest BCUT2D eigenvalue weighted by molar-refractivity contribution is 7.85. The monoisotopic (exact) mass is 317 g/mol. The summed E-state index contributed by atoms with van der Waals surface area (Å²) in [5.41, 5.74) is -1.25. The standard InChI is InChI=1S/C15H21F2NO2S/c1-10-8-14(16)13(19)18(12-6-4-3-5-7-12)21(20)15(14,17)9-11(10)2/h12H,3-9H2,1-2H3. The van der Waals surface area contributed by atoms with Gasteiger partial charge in [0.05, 0.1) is 0 Å². The molecule has 2 aliphatic carbocycles. The minimum absolute atomic E-state index is 0.253. The molecule has 3 nitrogen and oxygen atoms in total. The van der Waals surface area contributed by atoms with Gasteiger partial charge in [0, 0.05) is 18.9 Å². The molecule has 1 saturated heterocycles. The second kappa shape index (κ2) is 4.86. The van der Waals surface area contributed by atoms with E-state index in [4.69, 9.17) is 0 Å². The lowest BCUT2D eigenvalue weighted by atomic mass is 9.80. The van der Waals surface area contributed by atoms with Crippen LogP contribution in [0.2, 0.25) is 0 Å². The molecule has 2 fully saturated rings. The fourth-order valence-electron chi connectivity index (χ4n) is 3.74. The zero-order valence-electron chi connectivity index (χ0n) is 12.5. The number of hydrogen-bond donors (Lipinski definition) is 0. The summed E-state index contributed by atoms with van der Waals surface area (Å²) in [5, 5.41) is -2.59. The second-order valence-corrected chi connectivity index (χ2v) is 8.15. The van der Waals surface area contributed by atoms with E-state index in [2.05, 4.69) is 0 Å². The Bertz CT molecular complexity index is 506. The van der Waals surface area contributed by atoms with E-state index in [0.29, 0.717) is 24.0 Å². The highest BCUT2D eigenvalue weighted by Crippen LogP contribution is 2.54. The maximum atomic E-state index is 15.2. The third-order valence-electron chi connectivity index (χ3n) is 5.22. The maximum absolute atomic E-state index is 15.2. The van der Waals surface area contributed by atoms with Crippen molar-refractivity contribution in [3.63, 3.8) is 0 Å². The third-order valence-corrected chi connectivity index (χ3v) is 7.07. The fraction of sp³-hybridized carbons (Fsp3) is 0.800. The molecule has 0 aromatic heterocycles. The predicted octanol–water partition coefficient (Wildman–Crippen LogP) is 3.33. The van der Waals surface area contributed by atoms with Crippen LogP contribution in [0.5, 0.6) is 0 Å². The largest absolute Gasteiger partial charge is 0.277 e. The van der Waals surface area contributed by atoms with Crippen LogP contribution in [0.25, 0.3) is 0 Å². The highest BCUT2D eigenvalue weighted by Gasteiger charge is 2.73. The normalized spacial score (nSPS) is 41.6. The minimum Gasteiger partial charge on any atom is -0.270 e. The van der Waals surface area contributed by atoms with E-state index >= 15 is 8.78 Å². The van der Waals surface area contributed by atoms with Gasteiger partial charge in [-0.2, -0.15) is 0 Å². The summed E-state index contributed by atoms with van der Waals surface area (Å²) in [4.78, 5) is 12.5.